The molecular weight excluding hydrogens is 372 g/mol. The van der Waals surface area contributed by atoms with Crippen molar-refractivity contribution >= 4 is 0 Å². The molecule has 0 saturated heterocycles. The van der Waals surface area contributed by atoms with E-state index in [2.05, 4.69) is 0 Å². The Balaban J connectivity index is 1.77. The molecule has 6 heteroatoms. The maximum absolute atomic E-state index is 9.90. The molecule has 3 aromatic carbocycles. The van der Waals surface area contributed by atoms with Crippen LogP contribution < -0.4 is 18.9 Å². The van der Waals surface area contributed by atoms with Crippen LogP contribution in [0.5, 0.6) is 28.7 Å². The van der Waals surface area contributed by atoms with E-state index in [1.807, 2.05) is 42.5 Å². The Morgan fingerprint density at radius 1 is 0.862 bits per heavy atom. The number of hydrogen-bond acceptors (Lipinski definition) is 6. The van der Waals surface area contributed by atoms with Crippen molar-refractivity contribution in [3.63, 3.8) is 0 Å². The minimum absolute atomic E-state index is 0.0296. The fourth-order valence-electron chi connectivity index (χ4n) is 3.44. The van der Waals surface area contributed by atoms with Crippen molar-refractivity contribution in [2.75, 3.05) is 20.8 Å². The molecule has 1 heterocycles. The molecule has 3 aromatic rings. The maximum atomic E-state index is 9.90. The predicted molar refractivity (Wildman–Crippen MR) is 108 cm³/mol. The van der Waals surface area contributed by atoms with E-state index in [4.69, 9.17) is 18.9 Å². The zero-order chi connectivity index (χ0) is 20.4. The summed E-state index contributed by atoms with van der Waals surface area (Å²) in [5.74, 6) is 1.85. The van der Waals surface area contributed by atoms with Crippen molar-refractivity contribution in [3.05, 3.63) is 66.2 Å². The summed E-state index contributed by atoms with van der Waals surface area (Å²) in [6.07, 6.45) is -1.23. The molecule has 2 atom stereocenters. The molecule has 0 unspecified atom stereocenters. The number of phenolic OH excluding ortho intramolecular Hbond substituents is 1. The lowest BCUT2D eigenvalue weighted by Gasteiger charge is -2.34. The summed E-state index contributed by atoms with van der Waals surface area (Å²) in [6.45, 7) is -0.253. The quantitative estimate of drug-likeness (QED) is 0.682. The zero-order valence-corrected chi connectivity index (χ0v) is 16.2. The molecule has 0 aliphatic carbocycles. The lowest BCUT2D eigenvalue weighted by molar-refractivity contribution is -0.0141. The summed E-state index contributed by atoms with van der Waals surface area (Å²) >= 11 is 0. The number of benzene rings is 3. The van der Waals surface area contributed by atoms with Crippen molar-refractivity contribution in [2.45, 2.75) is 12.2 Å². The normalized spacial score (nSPS) is 17.6. The zero-order valence-electron chi connectivity index (χ0n) is 16.2. The van der Waals surface area contributed by atoms with Gasteiger partial charge in [0.2, 0.25) is 5.75 Å². The molecular formula is C23H22O6. The molecule has 0 amide bonds. The second kappa shape index (κ2) is 7.93. The molecule has 0 bridgehead atoms. The van der Waals surface area contributed by atoms with Crippen LogP contribution in [-0.4, -0.2) is 37.1 Å². The van der Waals surface area contributed by atoms with Crippen LogP contribution in [0, 0.1) is 0 Å². The fourth-order valence-corrected chi connectivity index (χ4v) is 3.44. The SMILES string of the molecule is COc1cc([C@H]2Oc3cc(-c4ccccc4)cc(OC)c3O[C@H]2CO)ccc1O. The third-order valence-corrected chi connectivity index (χ3v) is 4.92. The summed E-state index contributed by atoms with van der Waals surface area (Å²) < 4.78 is 23.0. The van der Waals surface area contributed by atoms with Gasteiger partial charge in [-0.2, -0.15) is 0 Å². The molecule has 0 spiro atoms. The Kier molecular flexibility index (Phi) is 5.18. The van der Waals surface area contributed by atoms with Crippen LogP contribution >= 0.6 is 0 Å². The molecule has 0 radical (unpaired) electrons. The maximum Gasteiger partial charge on any atom is 0.204 e. The van der Waals surface area contributed by atoms with E-state index in [1.165, 1.54) is 13.2 Å². The monoisotopic (exact) mass is 394 g/mol. The highest BCUT2D eigenvalue weighted by Crippen LogP contribution is 2.48. The van der Waals surface area contributed by atoms with Gasteiger partial charge in [-0.15, -0.1) is 0 Å². The van der Waals surface area contributed by atoms with Crippen LogP contribution in [0.4, 0.5) is 0 Å². The number of fused-ring (bicyclic) bond motifs is 1. The number of hydrogen-bond donors (Lipinski definition) is 2. The largest absolute Gasteiger partial charge is 0.504 e. The van der Waals surface area contributed by atoms with Crippen molar-refractivity contribution < 1.29 is 29.2 Å². The van der Waals surface area contributed by atoms with Gasteiger partial charge >= 0.3 is 0 Å². The summed E-state index contributed by atoms with van der Waals surface area (Å²) in [5, 5.41) is 19.8. The number of aliphatic hydroxyl groups is 1. The topological polar surface area (TPSA) is 77.4 Å². The Morgan fingerprint density at radius 3 is 2.31 bits per heavy atom. The predicted octanol–water partition coefficient (Wildman–Crippen LogP) is 3.95. The van der Waals surface area contributed by atoms with Gasteiger partial charge in [-0.3, -0.25) is 0 Å². The van der Waals surface area contributed by atoms with E-state index in [0.29, 0.717) is 28.6 Å². The van der Waals surface area contributed by atoms with E-state index in [-0.39, 0.29) is 12.4 Å². The molecule has 0 saturated carbocycles. The molecule has 4 rings (SSSR count). The number of rotatable bonds is 5. The fraction of sp³-hybridized carbons (Fsp3) is 0.217. The highest BCUT2D eigenvalue weighted by atomic mass is 16.6. The smallest absolute Gasteiger partial charge is 0.204 e. The second-order valence-electron chi connectivity index (χ2n) is 6.68. The summed E-state index contributed by atoms with van der Waals surface area (Å²) in [6, 6.07) is 18.6. The number of phenols is 1. The first kappa shape index (κ1) is 19.0. The molecule has 0 fully saturated rings. The van der Waals surface area contributed by atoms with Crippen LogP contribution in [0.1, 0.15) is 11.7 Å². The highest BCUT2D eigenvalue weighted by Gasteiger charge is 2.35. The molecule has 0 aromatic heterocycles. The van der Waals surface area contributed by atoms with E-state index < -0.39 is 12.2 Å². The molecule has 1 aliphatic rings. The molecule has 1 aliphatic heterocycles. The standard InChI is InChI=1S/C23H22O6/c1-26-18-10-15(8-9-17(18)25)22-21(13-24)29-23-19(27-2)11-16(12-20(23)28-22)14-6-4-3-5-7-14/h3-12,21-22,24-25H,13H2,1-2H3/t21-,22+/m0/s1. The van der Waals surface area contributed by atoms with E-state index in [0.717, 1.165) is 11.1 Å². The van der Waals surface area contributed by atoms with E-state index >= 15 is 0 Å². The van der Waals surface area contributed by atoms with Gasteiger partial charge in [-0.1, -0.05) is 36.4 Å². The minimum atomic E-state index is -0.645. The van der Waals surface area contributed by atoms with E-state index in [9.17, 15) is 10.2 Å². The van der Waals surface area contributed by atoms with Gasteiger partial charge in [0.25, 0.3) is 0 Å². The Morgan fingerprint density at radius 2 is 1.62 bits per heavy atom. The molecule has 29 heavy (non-hydrogen) atoms. The second-order valence-corrected chi connectivity index (χ2v) is 6.68. The first-order chi connectivity index (χ1) is 14.1. The van der Waals surface area contributed by atoms with Gasteiger partial charge in [0, 0.05) is 5.56 Å². The van der Waals surface area contributed by atoms with Crippen molar-refractivity contribution in [2.24, 2.45) is 0 Å². The van der Waals surface area contributed by atoms with Crippen molar-refractivity contribution in [1.29, 1.82) is 0 Å². The number of aliphatic hydroxyl groups excluding tert-OH is 1. The lowest BCUT2D eigenvalue weighted by atomic mass is 10.0. The molecule has 2 N–H and O–H groups in total. The van der Waals surface area contributed by atoms with Gasteiger partial charge in [0.15, 0.2) is 35.2 Å². The first-order valence-corrected chi connectivity index (χ1v) is 9.23. The Hall–Kier alpha value is -3.38. The summed E-state index contributed by atoms with van der Waals surface area (Å²) in [5.41, 5.74) is 2.66. The van der Waals surface area contributed by atoms with E-state index in [1.54, 1.807) is 19.2 Å². The third kappa shape index (κ3) is 3.54. The van der Waals surface area contributed by atoms with Gasteiger partial charge in [0.05, 0.1) is 20.8 Å². The molecule has 6 nitrogen and oxygen atoms in total. The van der Waals surface area contributed by atoms with Crippen LogP contribution in [0.3, 0.4) is 0 Å². The average molecular weight is 394 g/mol. The van der Waals surface area contributed by atoms with Crippen molar-refractivity contribution in [3.8, 4) is 39.9 Å². The summed E-state index contributed by atoms with van der Waals surface area (Å²) in [7, 11) is 3.05. The average Bonchev–Trinajstić information content (AvgIpc) is 2.78. The van der Waals surface area contributed by atoms with Gasteiger partial charge in [-0.25, -0.2) is 0 Å². The van der Waals surface area contributed by atoms with Crippen LogP contribution in [0.2, 0.25) is 0 Å². The number of aromatic hydroxyl groups is 1. The Labute approximate surface area is 168 Å². The summed E-state index contributed by atoms with van der Waals surface area (Å²) in [4.78, 5) is 0. The van der Waals surface area contributed by atoms with Gasteiger partial charge in [-0.05, 0) is 35.4 Å². The van der Waals surface area contributed by atoms with Crippen LogP contribution in [0.25, 0.3) is 11.1 Å². The first-order valence-electron chi connectivity index (χ1n) is 9.23. The number of methoxy groups -OCH3 is 2. The number of ether oxygens (including phenoxy) is 4. The highest BCUT2D eigenvalue weighted by molar-refractivity contribution is 5.71. The van der Waals surface area contributed by atoms with Crippen LogP contribution in [0.15, 0.2) is 60.7 Å². The van der Waals surface area contributed by atoms with Crippen molar-refractivity contribution in [1.82, 2.24) is 0 Å². The van der Waals surface area contributed by atoms with Gasteiger partial charge in [0.1, 0.15) is 0 Å². The lowest BCUT2D eigenvalue weighted by Crippen LogP contribution is -2.36. The molecule has 150 valence electrons. The minimum Gasteiger partial charge on any atom is -0.504 e. The third-order valence-electron chi connectivity index (χ3n) is 4.92. The van der Waals surface area contributed by atoms with Crippen LogP contribution in [-0.2, 0) is 0 Å². The van der Waals surface area contributed by atoms with Gasteiger partial charge < -0.3 is 29.2 Å². The Bertz CT molecular complexity index is 1000.